The third-order valence-electron chi connectivity index (χ3n) is 5.32. The number of carbonyl (C=O) groups is 1. The van der Waals surface area contributed by atoms with Crippen molar-refractivity contribution in [2.75, 3.05) is 11.4 Å². The molecule has 1 aliphatic rings. The Bertz CT molecular complexity index is 1260. The maximum Gasteiger partial charge on any atom is 0.265 e. The fourth-order valence-electron chi connectivity index (χ4n) is 3.85. The Morgan fingerprint density at radius 3 is 2.32 bits per heavy atom. The Morgan fingerprint density at radius 1 is 1.03 bits per heavy atom. The SMILES string of the molecule is COc1ccc(S(=O)(=O)N2c3ccc(Cl)cc3C(O)(c3ccccc3Cl)C2C=O)cc1. The van der Waals surface area contributed by atoms with E-state index in [0.29, 0.717) is 12.0 Å². The first-order valence-corrected chi connectivity index (χ1v) is 11.4. The number of fused-ring (bicyclic) bond motifs is 1. The first-order chi connectivity index (χ1) is 14.7. The fraction of sp³-hybridized carbons (Fsp3) is 0.136. The van der Waals surface area contributed by atoms with Crippen LogP contribution in [0.3, 0.4) is 0 Å². The molecular weight excluding hydrogens is 461 g/mol. The molecule has 0 saturated heterocycles. The highest BCUT2D eigenvalue weighted by atomic mass is 35.5. The number of hydrogen-bond donors (Lipinski definition) is 1. The van der Waals surface area contributed by atoms with Crippen LogP contribution in [0.5, 0.6) is 5.75 Å². The molecule has 9 heteroatoms. The number of rotatable bonds is 5. The summed E-state index contributed by atoms with van der Waals surface area (Å²) in [5, 5.41) is 12.3. The summed E-state index contributed by atoms with van der Waals surface area (Å²) in [5.74, 6) is 0.479. The zero-order valence-electron chi connectivity index (χ0n) is 16.2. The van der Waals surface area contributed by atoms with E-state index in [2.05, 4.69) is 0 Å². The van der Waals surface area contributed by atoms with Crippen LogP contribution in [-0.4, -0.2) is 33.0 Å². The molecule has 31 heavy (non-hydrogen) atoms. The van der Waals surface area contributed by atoms with Crippen molar-refractivity contribution in [1.82, 2.24) is 0 Å². The molecule has 0 aliphatic carbocycles. The monoisotopic (exact) mass is 477 g/mol. The van der Waals surface area contributed by atoms with Gasteiger partial charge in [0.25, 0.3) is 10.0 Å². The standard InChI is InChI=1S/C22H17Cl2NO5S/c1-30-15-7-9-16(10-8-15)31(28,29)25-20-11-6-14(23)12-18(20)22(27,21(25)13-26)17-4-2-3-5-19(17)24/h2-13,21,27H,1H3. The second-order valence-electron chi connectivity index (χ2n) is 6.97. The molecule has 1 aliphatic heterocycles. The van der Waals surface area contributed by atoms with Crippen LogP contribution in [0.25, 0.3) is 0 Å². The minimum atomic E-state index is -4.24. The number of anilines is 1. The van der Waals surface area contributed by atoms with E-state index in [1.165, 1.54) is 49.6 Å². The number of aldehydes is 1. The zero-order valence-corrected chi connectivity index (χ0v) is 18.5. The van der Waals surface area contributed by atoms with Crippen LogP contribution in [0.2, 0.25) is 10.0 Å². The molecule has 0 radical (unpaired) electrons. The van der Waals surface area contributed by atoms with Gasteiger partial charge in [-0.25, -0.2) is 8.42 Å². The molecule has 2 unspecified atom stereocenters. The second kappa shape index (κ2) is 7.84. The summed E-state index contributed by atoms with van der Waals surface area (Å²) < 4.78 is 33.2. The molecule has 2 atom stereocenters. The lowest BCUT2D eigenvalue weighted by molar-refractivity contribution is -0.112. The fourth-order valence-corrected chi connectivity index (χ4v) is 5.93. The molecule has 0 fully saturated rings. The Balaban J connectivity index is 1.98. The molecule has 6 nitrogen and oxygen atoms in total. The smallest absolute Gasteiger partial charge is 0.265 e. The van der Waals surface area contributed by atoms with Crippen molar-refractivity contribution in [1.29, 1.82) is 0 Å². The average molecular weight is 478 g/mol. The normalized spacial score (nSPS) is 20.4. The van der Waals surface area contributed by atoms with Crippen LogP contribution in [0, 0.1) is 0 Å². The van der Waals surface area contributed by atoms with Crippen molar-refractivity contribution >= 4 is 45.2 Å². The van der Waals surface area contributed by atoms with E-state index in [4.69, 9.17) is 27.9 Å². The third kappa shape index (κ3) is 3.29. The number of ether oxygens (including phenoxy) is 1. The summed E-state index contributed by atoms with van der Waals surface area (Å²) in [4.78, 5) is 12.2. The third-order valence-corrected chi connectivity index (χ3v) is 7.69. The molecule has 4 rings (SSSR count). The van der Waals surface area contributed by atoms with Crippen molar-refractivity contribution < 1.29 is 23.1 Å². The summed E-state index contributed by atoms with van der Waals surface area (Å²) >= 11 is 12.5. The Labute approximate surface area is 189 Å². The molecule has 3 aromatic rings. The van der Waals surface area contributed by atoms with Gasteiger partial charge >= 0.3 is 0 Å². The van der Waals surface area contributed by atoms with Gasteiger partial charge in [0.15, 0.2) is 0 Å². The molecule has 0 bridgehead atoms. The van der Waals surface area contributed by atoms with Gasteiger partial charge in [-0.2, -0.15) is 0 Å². The summed E-state index contributed by atoms with van der Waals surface area (Å²) in [5.41, 5.74) is -1.54. The predicted octanol–water partition coefficient (Wildman–Crippen LogP) is 4.01. The minimum Gasteiger partial charge on any atom is -0.497 e. The number of aliphatic hydroxyl groups is 1. The molecular formula is C22H17Cl2NO5S. The van der Waals surface area contributed by atoms with Crippen LogP contribution < -0.4 is 9.04 Å². The highest BCUT2D eigenvalue weighted by Crippen LogP contribution is 2.51. The minimum absolute atomic E-state index is 0.0653. The second-order valence-corrected chi connectivity index (χ2v) is 9.62. The van der Waals surface area contributed by atoms with Gasteiger partial charge in [-0.05, 0) is 48.5 Å². The van der Waals surface area contributed by atoms with Crippen LogP contribution >= 0.6 is 23.2 Å². The van der Waals surface area contributed by atoms with E-state index in [1.807, 2.05) is 0 Å². The van der Waals surface area contributed by atoms with Crippen molar-refractivity contribution in [3.05, 3.63) is 87.9 Å². The van der Waals surface area contributed by atoms with E-state index in [0.717, 1.165) is 4.31 Å². The number of hydrogen-bond acceptors (Lipinski definition) is 5. The van der Waals surface area contributed by atoms with E-state index >= 15 is 0 Å². The first kappa shape index (κ1) is 21.6. The van der Waals surface area contributed by atoms with Gasteiger partial charge in [-0.15, -0.1) is 0 Å². The van der Waals surface area contributed by atoms with E-state index in [-0.39, 0.29) is 31.8 Å². The number of nitrogens with zero attached hydrogens (tertiary/aromatic N) is 1. The van der Waals surface area contributed by atoms with Gasteiger partial charge in [0.1, 0.15) is 23.7 Å². The topological polar surface area (TPSA) is 83.9 Å². The number of halogens is 2. The molecule has 0 amide bonds. The Hall–Kier alpha value is -2.58. The summed E-state index contributed by atoms with van der Waals surface area (Å²) in [6, 6.07) is 15.1. The number of carbonyl (C=O) groups excluding carboxylic acids is 1. The van der Waals surface area contributed by atoms with Crippen molar-refractivity contribution in [2.45, 2.75) is 16.5 Å². The number of benzene rings is 3. The van der Waals surface area contributed by atoms with Crippen molar-refractivity contribution in [3.63, 3.8) is 0 Å². The van der Waals surface area contributed by atoms with Gasteiger partial charge in [-0.3, -0.25) is 4.31 Å². The quantitative estimate of drug-likeness (QED) is 0.561. The van der Waals surface area contributed by atoms with E-state index < -0.39 is 21.7 Å². The maximum absolute atomic E-state index is 13.6. The zero-order chi connectivity index (χ0) is 22.4. The largest absolute Gasteiger partial charge is 0.497 e. The number of sulfonamides is 1. The summed E-state index contributed by atoms with van der Waals surface area (Å²) in [6.45, 7) is 0. The highest BCUT2D eigenvalue weighted by Gasteiger charge is 2.56. The van der Waals surface area contributed by atoms with Gasteiger partial charge in [0.2, 0.25) is 0 Å². The molecule has 0 spiro atoms. The molecule has 0 aromatic heterocycles. The average Bonchev–Trinajstić information content (AvgIpc) is 3.03. The lowest BCUT2D eigenvalue weighted by Crippen LogP contribution is -2.49. The van der Waals surface area contributed by atoms with Crippen molar-refractivity contribution in [3.8, 4) is 5.75 Å². The predicted molar refractivity (Wildman–Crippen MR) is 118 cm³/mol. The van der Waals surface area contributed by atoms with Gasteiger partial charge < -0.3 is 14.6 Å². The molecule has 0 saturated carbocycles. The lowest BCUT2D eigenvalue weighted by atomic mass is 9.83. The molecule has 160 valence electrons. The number of methoxy groups -OCH3 is 1. The highest BCUT2D eigenvalue weighted by molar-refractivity contribution is 7.93. The molecule has 3 aromatic carbocycles. The van der Waals surface area contributed by atoms with Crippen LogP contribution in [0.1, 0.15) is 11.1 Å². The van der Waals surface area contributed by atoms with Gasteiger partial charge in [0, 0.05) is 21.2 Å². The molecule has 1 N–H and O–H groups in total. The van der Waals surface area contributed by atoms with Crippen LogP contribution in [0.4, 0.5) is 5.69 Å². The van der Waals surface area contributed by atoms with E-state index in [9.17, 15) is 18.3 Å². The lowest BCUT2D eigenvalue weighted by Gasteiger charge is -2.32. The van der Waals surface area contributed by atoms with Crippen molar-refractivity contribution in [2.24, 2.45) is 0 Å². The van der Waals surface area contributed by atoms with Crippen LogP contribution in [-0.2, 0) is 20.4 Å². The summed E-state index contributed by atoms with van der Waals surface area (Å²) in [6.07, 6.45) is 0.401. The molecule has 1 heterocycles. The first-order valence-electron chi connectivity index (χ1n) is 9.16. The van der Waals surface area contributed by atoms with Gasteiger partial charge in [0.05, 0.1) is 17.7 Å². The Morgan fingerprint density at radius 2 is 1.71 bits per heavy atom. The maximum atomic E-state index is 13.6. The van der Waals surface area contributed by atoms with Gasteiger partial charge in [-0.1, -0.05) is 41.4 Å². The Kier molecular flexibility index (Phi) is 5.47. The van der Waals surface area contributed by atoms with Crippen LogP contribution in [0.15, 0.2) is 71.6 Å². The summed E-state index contributed by atoms with van der Waals surface area (Å²) in [7, 11) is -2.77. The van der Waals surface area contributed by atoms with E-state index in [1.54, 1.807) is 24.3 Å².